The molecule has 2 fully saturated rings. The van der Waals surface area contributed by atoms with Crippen LogP contribution in [0.5, 0.6) is 17.2 Å². The summed E-state index contributed by atoms with van der Waals surface area (Å²) < 4.78 is 16.4. The highest BCUT2D eigenvalue weighted by atomic mass is 16.5. The third kappa shape index (κ3) is 6.17. The molecule has 1 aromatic rings. The van der Waals surface area contributed by atoms with Gasteiger partial charge in [0.25, 0.3) is 0 Å². The molecule has 0 amide bonds. The van der Waals surface area contributed by atoms with Gasteiger partial charge in [0.1, 0.15) is 0 Å². The van der Waals surface area contributed by atoms with Crippen LogP contribution < -0.4 is 19.5 Å². The highest BCUT2D eigenvalue weighted by molar-refractivity contribution is 5.80. The van der Waals surface area contributed by atoms with Crippen LogP contribution >= 0.6 is 0 Å². The third-order valence-corrected chi connectivity index (χ3v) is 5.87. The fraction of sp³-hybridized carbons (Fsp3) is 0.696. The summed E-state index contributed by atoms with van der Waals surface area (Å²) in [6.45, 7) is 8.82. The van der Waals surface area contributed by atoms with Crippen molar-refractivity contribution < 1.29 is 14.2 Å². The molecule has 7 nitrogen and oxygen atoms in total. The van der Waals surface area contributed by atoms with Crippen molar-refractivity contribution in [2.75, 3.05) is 60.6 Å². The lowest BCUT2D eigenvalue weighted by Crippen LogP contribution is -2.52. The van der Waals surface area contributed by atoms with Crippen molar-refractivity contribution in [2.24, 2.45) is 10.9 Å². The van der Waals surface area contributed by atoms with Crippen LogP contribution in [0.2, 0.25) is 0 Å². The average Bonchev–Trinajstić information content (AvgIpc) is 3.60. The summed E-state index contributed by atoms with van der Waals surface area (Å²) >= 11 is 0. The average molecular weight is 419 g/mol. The summed E-state index contributed by atoms with van der Waals surface area (Å²) in [4.78, 5) is 9.74. The van der Waals surface area contributed by atoms with E-state index in [1.807, 2.05) is 12.1 Å². The molecule has 1 aliphatic heterocycles. The van der Waals surface area contributed by atoms with Crippen LogP contribution in [0.15, 0.2) is 17.1 Å². The van der Waals surface area contributed by atoms with Crippen LogP contribution in [0.1, 0.15) is 38.2 Å². The molecule has 1 N–H and O–H groups in total. The Labute approximate surface area is 181 Å². The van der Waals surface area contributed by atoms with Gasteiger partial charge >= 0.3 is 0 Å². The van der Waals surface area contributed by atoms with E-state index in [2.05, 4.69) is 22.0 Å². The summed E-state index contributed by atoms with van der Waals surface area (Å²) in [5.74, 6) is 4.11. The summed E-state index contributed by atoms with van der Waals surface area (Å²) in [5.41, 5.74) is 1.17. The first-order valence-corrected chi connectivity index (χ1v) is 11.2. The van der Waals surface area contributed by atoms with E-state index in [-0.39, 0.29) is 0 Å². The number of hydrogen-bond acceptors (Lipinski definition) is 5. The Bertz CT molecular complexity index is 673. The van der Waals surface area contributed by atoms with Crippen molar-refractivity contribution in [1.82, 2.24) is 15.1 Å². The highest BCUT2D eigenvalue weighted by Crippen LogP contribution is 2.38. The number of methoxy groups -OCH3 is 3. The number of ether oxygens (including phenoxy) is 3. The number of aliphatic imine (C=N–C) groups is 1. The van der Waals surface area contributed by atoms with Gasteiger partial charge in [-0.1, -0.05) is 12.8 Å². The Balaban J connectivity index is 1.54. The molecule has 1 heterocycles. The molecule has 0 atom stereocenters. The molecule has 1 saturated heterocycles. The maximum Gasteiger partial charge on any atom is 0.203 e. The van der Waals surface area contributed by atoms with Gasteiger partial charge in [-0.3, -0.25) is 9.89 Å². The molecule has 3 rings (SSSR count). The van der Waals surface area contributed by atoms with E-state index >= 15 is 0 Å². The standard InChI is InChI=1S/C23H38N4O3/c1-5-24-23(25-10-6-7-18-8-9-18)27-13-11-26(12-14-27)17-19-15-20(28-2)22(30-4)21(16-19)29-3/h15-16,18H,5-14,17H2,1-4H3,(H,24,25). The van der Waals surface area contributed by atoms with Crippen molar-refractivity contribution in [3.05, 3.63) is 17.7 Å². The summed E-state index contributed by atoms with van der Waals surface area (Å²) in [7, 11) is 4.95. The van der Waals surface area contributed by atoms with E-state index in [0.717, 1.165) is 57.7 Å². The molecule has 0 radical (unpaired) electrons. The minimum absolute atomic E-state index is 0.641. The first kappa shape index (κ1) is 22.5. The van der Waals surface area contributed by atoms with Crippen molar-refractivity contribution in [3.63, 3.8) is 0 Å². The second-order valence-corrected chi connectivity index (χ2v) is 8.12. The fourth-order valence-electron chi connectivity index (χ4n) is 4.00. The van der Waals surface area contributed by atoms with Gasteiger partial charge in [0, 0.05) is 45.8 Å². The normalized spacial score (nSPS) is 17.7. The van der Waals surface area contributed by atoms with Crippen molar-refractivity contribution in [1.29, 1.82) is 0 Å². The molecule has 1 aromatic carbocycles. The van der Waals surface area contributed by atoms with Gasteiger partial charge in [-0.25, -0.2) is 0 Å². The van der Waals surface area contributed by atoms with Crippen molar-refractivity contribution in [3.8, 4) is 17.2 Å². The molecule has 0 aromatic heterocycles. The highest BCUT2D eigenvalue weighted by Gasteiger charge is 2.22. The Morgan fingerprint density at radius 3 is 2.23 bits per heavy atom. The molecule has 2 aliphatic rings. The van der Waals surface area contributed by atoms with Gasteiger partial charge in [0.05, 0.1) is 21.3 Å². The Morgan fingerprint density at radius 1 is 1.03 bits per heavy atom. The zero-order valence-electron chi connectivity index (χ0n) is 19.1. The number of guanidine groups is 1. The molecular formula is C23H38N4O3. The summed E-state index contributed by atoms with van der Waals surface area (Å²) in [5, 5.41) is 3.47. The summed E-state index contributed by atoms with van der Waals surface area (Å²) in [6, 6.07) is 4.08. The van der Waals surface area contributed by atoms with E-state index in [0.29, 0.717) is 17.2 Å². The van der Waals surface area contributed by atoms with Gasteiger partial charge in [-0.15, -0.1) is 0 Å². The predicted octanol–water partition coefficient (Wildman–Crippen LogP) is 2.99. The van der Waals surface area contributed by atoms with Crippen molar-refractivity contribution >= 4 is 5.96 Å². The topological polar surface area (TPSA) is 58.6 Å². The fourth-order valence-corrected chi connectivity index (χ4v) is 4.00. The number of nitrogens with zero attached hydrogens (tertiary/aromatic N) is 3. The van der Waals surface area contributed by atoms with Crippen LogP contribution in [0, 0.1) is 5.92 Å². The SMILES string of the molecule is CCNC(=NCCCC1CC1)N1CCN(Cc2cc(OC)c(OC)c(OC)c2)CC1. The maximum atomic E-state index is 5.49. The number of hydrogen-bond donors (Lipinski definition) is 1. The molecule has 0 bridgehead atoms. The molecular weight excluding hydrogens is 380 g/mol. The monoisotopic (exact) mass is 418 g/mol. The predicted molar refractivity (Wildman–Crippen MR) is 121 cm³/mol. The summed E-state index contributed by atoms with van der Waals surface area (Å²) in [6.07, 6.45) is 5.40. The van der Waals surface area contributed by atoms with Gasteiger partial charge < -0.3 is 24.4 Å². The Hall–Kier alpha value is -2.15. The molecule has 168 valence electrons. The number of benzene rings is 1. The van der Waals surface area contributed by atoms with E-state index in [9.17, 15) is 0 Å². The van der Waals surface area contributed by atoms with Gasteiger partial charge in [-0.2, -0.15) is 0 Å². The first-order chi connectivity index (χ1) is 14.7. The lowest BCUT2D eigenvalue weighted by molar-refractivity contribution is 0.172. The smallest absolute Gasteiger partial charge is 0.203 e. The van der Waals surface area contributed by atoms with E-state index in [1.54, 1.807) is 21.3 Å². The van der Waals surface area contributed by atoms with E-state index in [4.69, 9.17) is 19.2 Å². The van der Waals surface area contributed by atoms with E-state index < -0.39 is 0 Å². The van der Waals surface area contributed by atoms with Gasteiger partial charge in [0.15, 0.2) is 17.5 Å². The lowest BCUT2D eigenvalue weighted by atomic mass is 10.1. The first-order valence-electron chi connectivity index (χ1n) is 11.2. The minimum atomic E-state index is 0.641. The van der Waals surface area contributed by atoms with Crippen molar-refractivity contribution in [2.45, 2.75) is 39.2 Å². The van der Waals surface area contributed by atoms with Gasteiger partial charge in [0.2, 0.25) is 5.75 Å². The largest absolute Gasteiger partial charge is 0.493 e. The van der Waals surface area contributed by atoms with Gasteiger partial charge in [-0.05, 0) is 43.4 Å². The molecule has 1 saturated carbocycles. The Morgan fingerprint density at radius 2 is 1.70 bits per heavy atom. The zero-order valence-corrected chi connectivity index (χ0v) is 19.1. The number of piperazine rings is 1. The Kier molecular flexibility index (Phi) is 8.49. The maximum absolute atomic E-state index is 5.49. The number of rotatable bonds is 10. The quantitative estimate of drug-likeness (QED) is 0.358. The van der Waals surface area contributed by atoms with Crippen LogP contribution in [-0.4, -0.2) is 76.4 Å². The molecule has 0 spiro atoms. The second-order valence-electron chi connectivity index (χ2n) is 8.12. The second kappa shape index (κ2) is 11.3. The molecule has 7 heteroatoms. The van der Waals surface area contributed by atoms with Crippen LogP contribution in [0.3, 0.4) is 0 Å². The lowest BCUT2D eigenvalue weighted by Gasteiger charge is -2.36. The van der Waals surface area contributed by atoms with E-state index in [1.165, 1.54) is 31.2 Å². The molecule has 0 unspecified atom stereocenters. The van der Waals surface area contributed by atoms with Crippen LogP contribution in [-0.2, 0) is 6.54 Å². The minimum Gasteiger partial charge on any atom is -0.493 e. The van der Waals surface area contributed by atoms with Crippen LogP contribution in [0.4, 0.5) is 0 Å². The number of nitrogens with one attached hydrogen (secondary N) is 1. The zero-order chi connectivity index (χ0) is 21.3. The molecule has 30 heavy (non-hydrogen) atoms. The molecule has 1 aliphatic carbocycles. The third-order valence-electron chi connectivity index (χ3n) is 5.87. The van der Waals surface area contributed by atoms with Crippen LogP contribution in [0.25, 0.3) is 0 Å².